The Labute approximate surface area is 194 Å². The molecule has 0 fully saturated rings. The highest BCUT2D eigenvalue weighted by Gasteiger charge is 2.24. The number of rotatable bonds is 5. The Morgan fingerprint density at radius 2 is 1.70 bits per heavy atom. The summed E-state index contributed by atoms with van der Waals surface area (Å²) in [6.07, 6.45) is 0. The third kappa shape index (κ3) is 4.98. The molecule has 0 radical (unpaired) electrons. The number of thioether (sulfide) groups is 1. The van der Waals surface area contributed by atoms with Gasteiger partial charge in [0, 0.05) is 25.2 Å². The molecule has 0 aliphatic heterocycles. The van der Waals surface area contributed by atoms with Crippen molar-refractivity contribution in [2.75, 3.05) is 18.2 Å². The van der Waals surface area contributed by atoms with Gasteiger partial charge in [0.25, 0.3) is 5.56 Å². The average molecular weight is 472 g/mol. The molecule has 0 aliphatic rings. The minimum Gasteiger partial charge on any atom is -0.465 e. The van der Waals surface area contributed by atoms with E-state index in [1.807, 2.05) is 20.8 Å². The van der Waals surface area contributed by atoms with Gasteiger partial charge in [0.2, 0.25) is 5.91 Å². The van der Waals surface area contributed by atoms with Crippen LogP contribution in [-0.4, -0.2) is 43.8 Å². The third-order valence-electron chi connectivity index (χ3n) is 4.87. The minimum atomic E-state index is -0.519. The molecule has 1 amide bonds. The quantitative estimate of drug-likeness (QED) is 0.339. The lowest BCUT2D eigenvalue weighted by molar-refractivity contribution is -0.113. The highest BCUT2D eigenvalue weighted by Crippen LogP contribution is 2.27. The van der Waals surface area contributed by atoms with Crippen LogP contribution in [0.3, 0.4) is 0 Å². The first-order chi connectivity index (χ1) is 15.4. The van der Waals surface area contributed by atoms with E-state index in [0.717, 1.165) is 16.3 Å². The van der Waals surface area contributed by atoms with E-state index in [0.29, 0.717) is 22.1 Å². The maximum absolute atomic E-state index is 12.8. The predicted molar refractivity (Wildman–Crippen MR) is 126 cm³/mol. The lowest BCUT2D eigenvalue weighted by Gasteiger charge is -2.19. The topological polar surface area (TPSA) is 125 Å². The summed E-state index contributed by atoms with van der Waals surface area (Å²) < 4.78 is 6.96. The Morgan fingerprint density at radius 1 is 1.06 bits per heavy atom. The second kappa shape index (κ2) is 9.18. The van der Waals surface area contributed by atoms with Crippen molar-refractivity contribution in [1.29, 1.82) is 0 Å². The van der Waals surface area contributed by atoms with Crippen molar-refractivity contribution in [3.8, 4) is 0 Å². The highest BCUT2D eigenvalue weighted by atomic mass is 32.2. The number of aromatic nitrogens is 4. The number of aryl methyl sites for hydroxylation is 1. The van der Waals surface area contributed by atoms with Crippen LogP contribution in [-0.2, 0) is 29.0 Å². The number of amides is 1. The van der Waals surface area contributed by atoms with Gasteiger partial charge in [-0.2, -0.15) is 0 Å². The van der Waals surface area contributed by atoms with E-state index in [9.17, 15) is 19.2 Å². The van der Waals surface area contributed by atoms with Crippen LogP contribution < -0.4 is 16.6 Å². The summed E-state index contributed by atoms with van der Waals surface area (Å²) in [5, 5.41) is 3.26. The number of nitrogens with one attached hydrogen (secondary N) is 1. The van der Waals surface area contributed by atoms with Crippen molar-refractivity contribution in [2.45, 2.75) is 31.2 Å². The Kier molecular flexibility index (Phi) is 6.73. The molecular weight excluding hydrogens is 446 g/mol. The van der Waals surface area contributed by atoms with Crippen LogP contribution >= 0.6 is 11.8 Å². The smallest absolute Gasteiger partial charge is 0.337 e. The monoisotopic (exact) mass is 471 g/mol. The van der Waals surface area contributed by atoms with E-state index in [2.05, 4.69) is 20.0 Å². The normalized spacial score (nSPS) is 11.5. The number of methoxy groups -OCH3 is 1. The molecule has 0 saturated heterocycles. The molecule has 3 rings (SSSR count). The largest absolute Gasteiger partial charge is 0.465 e. The van der Waals surface area contributed by atoms with Gasteiger partial charge in [0.1, 0.15) is 16.2 Å². The van der Waals surface area contributed by atoms with Crippen LogP contribution in [0.25, 0.3) is 11.0 Å². The number of esters is 1. The summed E-state index contributed by atoms with van der Waals surface area (Å²) in [7, 11) is 4.23. The molecule has 0 aliphatic carbocycles. The van der Waals surface area contributed by atoms with Gasteiger partial charge in [-0.05, 0) is 24.3 Å². The van der Waals surface area contributed by atoms with Crippen LogP contribution in [0.15, 0.2) is 38.9 Å². The molecule has 0 saturated carbocycles. The molecule has 0 spiro atoms. The van der Waals surface area contributed by atoms with Crippen LogP contribution in [0.4, 0.5) is 5.69 Å². The third-order valence-corrected chi connectivity index (χ3v) is 5.84. The second-order valence-corrected chi connectivity index (χ2v) is 9.38. The molecule has 2 aromatic heterocycles. The fraction of sp³-hybridized carbons (Fsp3) is 0.364. The van der Waals surface area contributed by atoms with Gasteiger partial charge in [-0.25, -0.2) is 19.6 Å². The molecule has 2 heterocycles. The first-order valence-corrected chi connectivity index (χ1v) is 11.0. The van der Waals surface area contributed by atoms with Crippen LogP contribution in [0.1, 0.15) is 37.0 Å². The summed E-state index contributed by atoms with van der Waals surface area (Å²) in [5.74, 6) is -0.360. The molecule has 1 N–H and O–H groups in total. The van der Waals surface area contributed by atoms with E-state index in [-0.39, 0.29) is 22.7 Å². The van der Waals surface area contributed by atoms with E-state index >= 15 is 0 Å². The number of hydrogen-bond donors (Lipinski definition) is 1. The molecule has 10 nitrogen and oxygen atoms in total. The van der Waals surface area contributed by atoms with Gasteiger partial charge in [0.05, 0.1) is 18.4 Å². The maximum atomic E-state index is 12.8. The molecule has 0 unspecified atom stereocenters. The number of benzene rings is 1. The van der Waals surface area contributed by atoms with Gasteiger partial charge in [-0.3, -0.25) is 18.7 Å². The van der Waals surface area contributed by atoms with Crippen LogP contribution in [0, 0.1) is 0 Å². The summed E-state index contributed by atoms with van der Waals surface area (Å²) >= 11 is 1.09. The molecule has 0 atom stereocenters. The van der Waals surface area contributed by atoms with Crippen molar-refractivity contribution in [1.82, 2.24) is 19.1 Å². The summed E-state index contributed by atoms with van der Waals surface area (Å²) in [4.78, 5) is 58.4. The first-order valence-electron chi connectivity index (χ1n) is 10.0. The Bertz CT molecular complexity index is 1350. The SMILES string of the molecule is COC(=O)c1ccc(NC(=O)CSc2nc(C(C)(C)C)nc3c2c(=O)n(C)c(=O)n3C)cc1. The Balaban J connectivity index is 1.92. The van der Waals surface area contributed by atoms with Gasteiger partial charge < -0.3 is 10.1 Å². The number of hydrogen-bond acceptors (Lipinski definition) is 8. The minimum absolute atomic E-state index is 0.0273. The maximum Gasteiger partial charge on any atom is 0.337 e. The van der Waals surface area contributed by atoms with Gasteiger partial charge in [0.15, 0.2) is 5.65 Å². The highest BCUT2D eigenvalue weighted by molar-refractivity contribution is 8.00. The summed E-state index contributed by atoms with van der Waals surface area (Å²) in [5.41, 5.74) is -0.345. The van der Waals surface area contributed by atoms with Gasteiger partial charge in [-0.15, -0.1) is 0 Å². The molecular formula is C22H25N5O5S. The molecule has 11 heteroatoms. The van der Waals surface area contributed by atoms with E-state index in [1.165, 1.54) is 18.7 Å². The standard InChI is InChI=1S/C22H25N5O5S/c1-22(2,3)20-24-16-15(18(29)27(5)21(31)26(16)4)17(25-20)33-11-14(28)23-13-9-7-12(8-10-13)19(30)32-6/h7-10H,11H2,1-6H3,(H,23,28). The molecule has 0 bridgehead atoms. The number of ether oxygens (including phenoxy) is 1. The summed E-state index contributed by atoms with van der Waals surface area (Å²) in [6.45, 7) is 5.77. The number of carbonyl (C=O) groups is 2. The van der Waals surface area contributed by atoms with E-state index in [4.69, 9.17) is 0 Å². The number of nitrogens with zero attached hydrogens (tertiary/aromatic N) is 4. The van der Waals surface area contributed by atoms with Crippen molar-refractivity contribution < 1.29 is 14.3 Å². The Hall–Kier alpha value is -3.47. The lowest BCUT2D eigenvalue weighted by Crippen LogP contribution is -2.38. The van der Waals surface area contributed by atoms with Crippen molar-refractivity contribution >= 4 is 40.4 Å². The van der Waals surface area contributed by atoms with Crippen molar-refractivity contribution in [3.05, 3.63) is 56.5 Å². The zero-order valence-electron chi connectivity index (χ0n) is 19.3. The zero-order chi connectivity index (χ0) is 24.5. The van der Waals surface area contributed by atoms with Gasteiger partial charge in [-0.1, -0.05) is 32.5 Å². The fourth-order valence-corrected chi connectivity index (χ4v) is 3.82. The van der Waals surface area contributed by atoms with Crippen LogP contribution in [0.2, 0.25) is 0 Å². The first kappa shape index (κ1) is 24.2. The van der Waals surface area contributed by atoms with Crippen molar-refractivity contribution in [2.24, 2.45) is 14.1 Å². The lowest BCUT2D eigenvalue weighted by atomic mass is 9.96. The van der Waals surface area contributed by atoms with Crippen LogP contribution in [0.5, 0.6) is 0 Å². The second-order valence-electron chi connectivity index (χ2n) is 8.41. The number of anilines is 1. The summed E-state index contributed by atoms with van der Waals surface area (Å²) in [6, 6.07) is 6.29. The molecule has 33 heavy (non-hydrogen) atoms. The average Bonchev–Trinajstić information content (AvgIpc) is 2.78. The molecule has 1 aromatic carbocycles. The molecule has 174 valence electrons. The van der Waals surface area contributed by atoms with E-state index < -0.39 is 22.6 Å². The number of fused-ring (bicyclic) bond motifs is 1. The molecule has 3 aromatic rings. The fourth-order valence-electron chi connectivity index (χ4n) is 3.01. The predicted octanol–water partition coefficient (Wildman–Crippen LogP) is 1.84. The Morgan fingerprint density at radius 3 is 2.27 bits per heavy atom. The van der Waals surface area contributed by atoms with E-state index in [1.54, 1.807) is 31.3 Å². The zero-order valence-corrected chi connectivity index (χ0v) is 20.1. The number of carbonyl (C=O) groups excluding carboxylic acids is 2. The van der Waals surface area contributed by atoms with Crippen molar-refractivity contribution in [3.63, 3.8) is 0 Å². The van der Waals surface area contributed by atoms with Gasteiger partial charge >= 0.3 is 11.7 Å².